The summed E-state index contributed by atoms with van der Waals surface area (Å²) in [4.78, 5) is 4.77. The van der Waals surface area contributed by atoms with Gasteiger partial charge in [0.05, 0.1) is 5.71 Å². The highest BCUT2D eigenvalue weighted by Gasteiger charge is 2.42. The molecule has 2 unspecified atom stereocenters. The molecule has 1 saturated carbocycles. The standard InChI is InChI=1S/C12H13Cl2NO/c1-7(15-16-2)8-6-9(8)12-10(13)4-3-5-11(12)14/h3-5,8-9H,6H2,1-2H3/b15-7+. The molecule has 86 valence electrons. The fourth-order valence-electron chi connectivity index (χ4n) is 2.05. The molecule has 0 bridgehead atoms. The van der Waals surface area contributed by atoms with Crippen LogP contribution in [0.15, 0.2) is 23.4 Å². The lowest BCUT2D eigenvalue weighted by Gasteiger charge is -2.05. The van der Waals surface area contributed by atoms with Crippen molar-refractivity contribution in [1.29, 1.82) is 0 Å². The van der Waals surface area contributed by atoms with Crippen molar-refractivity contribution < 1.29 is 4.84 Å². The normalized spacial score (nSPS) is 24.4. The maximum Gasteiger partial charge on any atom is 0.106 e. The molecule has 0 heterocycles. The molecule has 1 aliphatic carbocycles. The van der Waals surface area contributed by atoms with Crippen LogP contribution >= 0.6 is 23.2 Å². The second-order valence-corrected chi connectivity index (χ2v) is 4.81. The third-order valence-electron chi connectivity index (χ3n) is 2.93. The lowest BCUT2D eigenvalue weighted by molar-refractivity contribution is 0.212. The topological polar surface area (TPSA) is 21.6 Å². The third-order valence-corrected chi connectivity index (χ3v) is 3.59. The SMILES string of the molecule is CO/N=C(\C)C1CC1c1c(Cl)cccc1Cl. The Morgan fingerprint density at radius 1 is 1.38 bits per heavy atom. The number of halogens is 2. The van der Waals surface area contributed by atoms with Crippen LogP contribution in [-0.4, -0.2) is 12.8 Å². The predicted molar refractivity (Wildman–Crippen MR) is 67.4 cm³/mol. The molecule has 2 atom stereocenters. The van der Waals surface area contributed by atoms with Gasteiger partial charge in [0.15, 0.2) is 0 Å². The Labute approximate surface area is 105 Å². The third kappa shape index (κ3) is 2.18. The maximum atomic E-state index is 6.16. The highest BCUT2D eigenvalue weighted by molar-refractivity contribution is 6.36. The zero-order valence-corrected chi connectivity index (χ0v) is 10.7. The Balaban J connectivity index is 2.20. The Kier molecular flexibility index (Phi) is 3.41. The summed E-state index contributed by atoms with van der Waals surface area (Å²) < 4.78 is 0. The Hall–Kier alpha value is -0.730. The highest BCUT2D eigenvalue weighted by Crippen LogP contribution is 2.52. The summed E-state index contributed by atoms with van der Waals surface area (Å²) >= 11 is 12.3. The molecule has 0 radical (unpaired) electrons. The van der Waals surface area contributed by atoms with E-state index in [0.29, 0.717) is 11.8 Å². The van der Waals surface area contributed by atoms with E-state index in [1.807, 2.05) is 25.1 Å². The first kappa shape index (κ1) is 11.7. The van der Waals surface area contributed by atoms with Crippen molar-refractivity contribution >= 4 is 28.9 Å². The van der Waals surface area contributed by atoms with Gasteiger partial charge in [-0.3, -0.25) is 0 Å². The van der Waals surface area contributed by atoms with E-state index < -0.39 is 0 Å². The van der Waals surface area contributed by atoms with Crippen LogP contribution in [0.4, 0.5) is 0 Å². The monoisotopic (exact) mass is 257 g/mol. The van der Waals surface area contributed by atoms with Crippen molar-refractivity contribution in [2.75, 3.05) is 7.11 Å². The first-order chi connectivity index (χ1) is 7.65. The van der Waals surface area contributed by atoms with Crippen LogP contribution < -0.4 is 0 Å². The van der Waals surface area contributed by atoms with Gasteiger partial charge in [0.2, 0.25) is 0 Å². The molecule has 1 aromatic carbocycles. The molecule has 0 saturated heterocycles. The summed E-state index contributed by atoms with van der Waals surface area (Å²) in [5.41, 5.74) is 2.05. The first-order valence-corrected chi connectivity index (χ1v) is 5.92. The smallest absolute Gasteiger partial charge is 0.106 e. The molecule has 0 aliphatic heterocycles. The fraction of sp³-hybridized carbons (Fsp3) is 0.417. The Morgan fingerprint density at radius 3 is 2.56 bits per heavy atom. The quantitative estimate of drug-likeness (QED) is 0.590. The number of hydrogen-bond donors (Lipinski definition) is 0. The lowest BCUT2D eigenvalue weighted by Crippen LogP contribution is -1.98. The van der Waals surface area contributed by atoms with Crippen molar-refractivity contribution in [2.24, 2.45) is 11.1 Å². The second-order valence-electron chi connectivity index (χ2n) is 4.00. The van der Waals surface area contributed by atoms with Gasteiger partial charge < -0.3 is 4.84 Å². The number of hydrogen-bond acceptors (Lipinski definition) is 2. The Bertz CT molecular complexity index is 411. The average molecular weight is 258 g/mol. The van der Waals surface area contributed by atoms with E-state index in [-0.39, 0.29) is 0 Å². The molecule has 2 rings (SSSR count). The average Bonchev–Trinajstić information content (AvgIpc) is 2.98. The lowest BCUT2D eigenvalue weighted by atomic mass is 10.1. The Morgan fingerprint density at radius 2 is 2.00 bits per heavy atom. The molecular formula is C12H13Cl2NO. The van der Waals surface area contributed by atoms with E-state index >= 15 is 0 Å². The molecule has 1 fully saturated rings. The zero-order valence-electron chi connectivity index (χ0n) is 9.21. The molecule has 0 amide bonds. The van der Waals surface area contributed by atoms with Gasteiger partial charge in [-0.25, -0.2) is 0 Å². The van der Waals surface area contributed by atoms with Crippen LogP contribution in [0, 0.1) is 5.92 Å². The molecule has 0 aromatic heterocycles. The fourth-order valence-corrected chi connectivity index (χ4v) is 2.73. The maximum absolute atomic E-state index is 6.16. The van der Waals surface area contributed by atoms with Gasteiger partial charge in [0.1, 0.15) is 7.11 Å². The van der Waals surface area contributed by atoms with E-state index in [1.54, 1.807) is 7.11 Å². The van der Waals surface area contributed by atoms with Crippen LogP contribution in [0.2, 0.25) is 10.0 Å². The number of benzene rings is 1. The molecule has 4 heteroatoms. The number of rotatable bonds is 3. The van der Waals surface area contributed by atoms with Gasteiger partial charge in [-0.1, -0.05) is 34.4 Å². The van der Waals surface area contributed by atoms with E-state index in [1.165, 1.54) is 0 Å². The minimum atomic E-state index is 0.389. The summed E-state index contributed by atoms with van der Waals surface area (Å²) in [6.07, 6.45) is 1.04. The highest BCUT2D eigenvalue weighted by atomic mass is 35.5. The summed E-state index contributed by atoms with van der Waals surface area (Å²) in [6.45, 7) is 1.97. The molecule has 1 aromatic rings. The van der Waals surface area contributed by atoms with Gasteiger partial charge in [-0.05, 0) is 37.0 Å². The minimum Gasteiger partial charge on any atom is -0.399 e. The molecule has 2 nitrogen and oxygen atoms in total. The largest absolute Gasteiger partial charge is 0.399 e. The predicted octanol–water partition coefficient (Wildman–Crippen LogP) is 4.12. The van der Waals surface area contributed by atoms with E-state index in [2.05, 4.69) is 5.16 Å². The van der Waals surface area contributed by atoms with Crippen molar-refractivity contribution in [3.05, 3.63) is 33.8 Å². The van der Waals surface area contributed by atoms with Gasteiger partial charge in [0, 0.05) is 16.0 Å². The van der Waals surface area contributed by atoms with Gasteiger partial charge >= 0.3 is 0 Å². The second kappa shape index (κ2) is 4.64. The summed E-state index contributed by atoms with van der Waals surface area (Å²) in [6, 6.07) is 5.61. The summed E-state index contributed by atoms with van der Waals surface area (Å²) in [7, 11) is 1.56. The van der Waals surface area contributed by atoms with Gasteiger partial charge in [-0.15, -0.1) is 0 Å². The van der Waals surface area contributed by atoms with Crippen LogP contribution in [0.1, 0.15) is 24.8 Å². The van der Waals surface area contributed by atoms with Crippen molar-refractivity contribution in [1.82, 2.24) is 0 Å². The van der Waals surface area contributed by atoms with E-state index in [4.69, 9.17) is 28.0 Å². The molecule has 0 N–H and O–H groups in total. The molecular weight excluding hydrogens is 245 g/mol. The first-order valence-electron chi connectivity index (χ1n) is 5.16. The van der Waals surface area contributed by atoms with Gasteiger partial charge in [0.25, 0.3) is 0 Å². The van der Waals surface area contributed by atoms with Crippen LogP contribution in [0.25, 0.3) is 0 Å². The van der Waals surface area contributed by atoms with Crippen LogP contribution in [0.3, 0.4) is 0 Å². The van der Waals surface area contributed by atoms with Crippen molar-refractivity contribution in [3.63, 3.8) is 0 Å². The molecule has 1 aliphatic rings. The number of nitrogens with zero attached hydrogens (tertiary/aromatic N) is 1. The van der Waals surface area contributed by atoms with E-state index in [9.17, 15) is 0 Å². The summed E-state index contributed by atoms with van der Waals surface area (Å²) in [5.74, 6) is 0.803. The van der Waals surface area contributed by atoms with E-state index in [0.717, 1.165) is 27.7 Å². The van der Waals surface area contributed by atoms with Crippen LogP contribution in [-0.2, 0) is 4.84 Å². The van der Waals surface area contributed by atoms with Crippen LogP contribution in [0.5, 0.6) is 0 Å². The van der Waals surface area contributed by atoms with Crippen molar-refractivity contribution in [2.45, 2.75) is 19.3 Å². The number of oxime groups is 1. The summed E-state index contributed by atoms with van der Waals surface area (Å²) in [5, 5.41) is 5.43. The molecule has 0 spiro atoms. The molecule has 16 heavy (non-hydrogen) atoms. The zero-order chi connectivity index (χ0) is 11.7. The van der Waals surface area contributed by atoms with Gasteiger partial charge in [-0.2, -0.15) is 0 Å². The minimum absolute atomic E-state index is 0.389. The van der Waals surface area contributed by atoms with Crippen molar-refractivity contribution in [3.8, 4) is 0 Å².